The second-order valence-electron chi connectivity index (χ2n) is 4.33. The Hall–Kier alpha value is -0.450. The molecule has 1 unspecified atom stereocenters. The van der Waals surface area contributed by atoms with Gasteiger partial charge >= 0.3 is 0 Å². The van der Waals surface area contributed by atoms with Crippen molar-refractivity contribution in [2.24, 2.45) is 0 Å². The van der Waals surface area contributed by atoms with Crippen LogP contribution in [-0.2, 0) is 4.74 Å². The van der Waals surface area contributed by atoms with Gasteiger partial charge in [-0.05, 0) is 41.9 Å². The standard InChI is InChI=1S/C12H17BrN2O/c1-9(2)15-6-7-16-11(8-15)10-4-3-5-12(13)14-10/h3-5,9,11H,6-8H2,1-2H3. The summed E-state index contributed by atoms with van der Waals surface area (Å²) in [4.78, 5) is 6.88. The quantitative estimate of drug-likeness (QED) is 0.781. The van der Waals surface area contributed by atoms with Gasteiger partial charge in [-0.15, -0.1) is 0 Å². The van der Waals surface area contributed by atoms with E-state index in [1.165, 1.54) is 0 Å². The average molecular weight is 285 g/mol. The fraction of sp³-hybridized carbons (Fsp3) is 0.583. The maximum Gasteiger partial charge on any atom is 0.112 e. The number of aromatic nitrogens is 1. The third-order valence-electron chi connectivity index (χ3n) is 2.89. The highest BCUT2D eigenvalue weighted by Crippen LogP contribution is 2.22. The third-order valence-corrected chi connectivity index (χ3v) is 3.34. The van der Waals surface area contributed by atoms with E-state index in [1.807, 2.05) is 18.2 Å². The van der Waals surface area contributed by atoms with E-state index in [0.717, 1.165) is 30.0 Å². The molecule has 0 saturated carbocycles. The summed E-state index contributed by atoms with van der Waals surface area (Å²) in [6.07, 6.45) is 0.105. The summed E-state index contributed by atoms with van der Waals surface area (Å²) in [7, 11) is 0. The van der Waals surface area contributed by atoms with E-state index in [-0.39, 0.29) is 6.10 Å². The van der Waals surface area contributed by atoms with Gasteiger partial charge in [0.25, 0.3) is 0 Å². The van der Waals surface area contributed by atoms with E-state index in [9.17, 15) is 0 Å². The Morgan fingerprint density at radius 1 is 1.50 bits per heavy atom. The van der Waals surface area contributed by atoms with Crippen LogP contribution in [0.5, 0.6) is 0 Å². The lowest BCUT2D eigenvalue weighted by Gasteiger charge is -2.35. The molecule has 1 aromatic heterocycles. The van der Waals surface area contributed by atoms with Crippen molar-refractivity contribution in [3.63, 3.8) is 0 Å². The number of rotatable bonds is 2. The molecule has 4 heteroatoms. The maximum absolute atomic E-state index is 5.77. The Balaban J connectivity index is 2.09. The molecule has 0 N–H and O–H groups in total. The van der Waals surface area contributed by atoms with E-state index < -0.39 is 0 Å². The summed E-state index contributed by atoms with van der Waals surface area (Å²) >= 11 is 3.39. The lowest BCUT2D eigenvalue weighted by Crippen LogP contribution is -2.42. The number of nitrogens with zero attached hydrogens (tertiary/aromatic N) is 2. The minimum atomic E-state index is 0.105. The minimum absolute atomic E-state index is 0.105. The van der Waals surface area contributed by atoms with Crippen molar-refractivity contribution < 1.29 is 4.74 Å². The first-order chi connectivity index (χ1) is 7.66. The van der Waals surface area contributed by atoms with Gasteiger partial charge in [-0.1, -0.05) is 6.07 Å². The topological polar surface area (TPSA) is 25.4 Å². The van der Waals surface area contributed by atoms with Gasteiger partial charge in [0.15, 0.2) is 0 Å². The van der Waals surface area contributed by atoms with Crippen LogP contribution in [0.3, 0.4) is 0 Å². The molecule has 1 saturated heterocycles. The highest BCUT2D eigenvalue weighted by Gasteiger charge is 2.24. The van der Waals surface area contributed by atoms with Crippen LogP contribution in [0.25, 0.3) is 0 Å². The molecule has 1 fully saturated rings. The van der Waals surface area contributed by atoms with Crippen LogP contribution in [0.15, 0.2) is 22.8 Å². The smallest absolute Gasteiger partial charge is 0.112 e. The van der Waals surface area contributed by atoms with Crippen molar-refractivity contribution in [3.05, 3.63) is 28.5 Å². The number of halogens is 1. The van der Waals surface area contributed by atoms with Crippen LogP contribution in [0.2, 0.25) is 0 Å². The minimum Gasteiger partial charge on any atom is -0.369 e. The summed E-state index contributed by atoms with van der Waals surface area (Å²) in [6.45, 7) is 7.17. The van der Waals surface area contributed by atoms with Crippen LogP contribution in [-0.4, -0.2) is 35.6 Å². The van der Waals surface area contributed by atoms with Gasteiger partial charge < -0.3 is 4.74 Å². The fourth-order valence-electron chi connectivity index (χ4n) is 1.92. The Bertz CT molecular complexity index is 357. The second-order valence-corrected chi connectivity index (χ2v) is 5.15. The molecular weight excluding hydrogens is 268 g/mol. The zero-order valence-corrected chi connectivity index (χ0v) is 11.3. The van der Waals surface area contributed by atoms with Gasteiger partial charge in [-0.2, -0.15) is 0 Å². The van der Waals surface area contributed by atoms with E-state index in [4.69, 9.17) is 4.74 Å². The summed E-state index contributed by atoms with van der Waals surface area (Å²) in [5.41, 5.74) is 1.01. The van der Waals surface area contributed by atoms with Crippen LogP contribution in [0.4, 0.5) is 0 Å². The van der Waals surface area contributed by atoms with Gasteiger partial charge in [0.05, 0.1) is 12.3 Å². The molecule has 0 aromatic carbocycles. The number of ether oxygens (including phenoxy) is 1. The van der Waals surface area contributed by atoms with E-state index in [0.29, 0.717) is 6.04 Å². The number of hydrogen-bond acceptors (Lipinski definition) is 3. The Kier molecular flexibility index (Phi) is 3.95. The molecule has 1 atom stereocenters. The van der Waals surface area contributed by atoms with Crippen molar-refractivity contribution >= 4 is 15.9 Å². The van der Waals surface area contributed by atoms with Gasteiger partial charge in [0.1, 0.15) is 10.7 Å². The monoisotopic (exact) mass is 284 g/mol. The fourth-order valence-corrected chi connectivity index (χ4v) is 2.28. The summed E-state index contributed by atoms with van der Waals surface area (Å²) < 4.78 is 6.65. The molecule has 0 aliphatic carbocycles. The summed E-state index contributed by atoms with van der Waals surface area (Å²) in [5.74, 6) is 0. The molecule has 2 rings (SSSR count). The molecule has 0 amide bonds. The molecule has 1 aliphatic heterocycles. The molecule has 0 bridgehead atoms. The lowest BCUT2D eigenvalue weighted by molar-refractivity contribution is -0.0422. The summed E-state index contributed by atoms with van der Waals surface area (Å²) in [6, 6.07) is 6.54. The Morgan fingerprint density at radius 3 is 3.00 bits per heavy atom. The van der Waals surface area contributed by atoms with E-state index >= 15 is 0 Å². The Labute approximate surface area is 105 Å². The van der Waals surface area contributed by atoms with Crippen LogP contribution < -0.4 is 0 Å². The highest BCUT2D eigenvalue weighted by atomic mass is 79.9. The molecule has 1 aliphatic rings. The zero-order chi connectivity index (χ0) is 11.5. The van der Waals surface area contributed by atoms with Crippen molar-refractivity contribution in [1.29, 1.82) is 0 Å². The van der Waals surface area contributed by atoms with E-state index in [2.05, 4.69) is 39.7 Å². The number of morpholine rings is 1. The first-order valence-corrected chi connectivity index (χ1v) is 6.44. The van der Waals surface area contributed by atoms with E-state index in [1.54, 1.807) is 0 Å². The van der Waals surface area contributed by atoms with Crippen LogP contribution >= 0.6 is 15.9 Å². The normalized spacial score (nSPS) is 22.6. The highest BCUT2D eigenvalue weighted by molar-refractivity contribution is 9.10. The second kappa shape index (κ2) is 5.25. The molecule has 1 aromatic rings. The van der Waals surface area contributed by atoms with Gasteiger partial charge in [-0.25, -0.2) is 4.98 Å². The van der Waals surface area contributed by atoms with Crippen LogP contribution in [0.1, 0.15) is 25.6 Å². The van der Waals surface area contributed by atoms with Gasteiger partial charge in [-0.3, -0.25) is 4.90 Å². The number of pyridine rings is 1. The predicted octanol–water partition coefficient (Wildman–Crippen LogP) is 2.63. The number of hydrogen-bond donors (Lipinski definition) is 0. The maximum atomic E-state index is 5.77. The van der Waals surface area contributed by atoms with Crippen molar-refractivity contribution in [2.45, 2.75) is 26.0 Å². The molecule has 3 nitrogen and oxygen atoms in total. The van der Waals surface area contributed by atoms with Crippen molar-refractivity contribution in [1.82, 2.24) is 9.88 Å². The van der Waals surface area contributed by atoms with Crippen molar-refractivity contribution in [2.75, 3.05) is 19.7 Å². The molecule has 0 spiro atoms. The lowest BCUT2D eigenvalue weighted by atomic mass is 10.1. The SMILES string of the molecule is CC(C)N1CCOC(c2cccc(Br)n2)C1. The first kappa shape index (κ1) is 12.0. The molecule has 88 valence electrons. The molecule has 2 heterocycles. The predicted molar refractivity (Wildman–Crippen MR) is 67.3 cm³/mol. The average Bonchev–Trinajstić information content (AvgIpc) is 2.29. The molecular formula is C12H17BrN2O. The molecule has 0 radical (unpaired) electrons. The molecule has 16 heavy (non-hydrogen) atoms. The third kappa shape index (κ3) is 2.81. The van der Waals surface area contributed by atoms with Gasteiger partial charge in [0, 0.05) is 19.1 Å². The summed E-state index contributed by atoms with van der Waals surface area (Å²) in [5, 5.41) is 0. The zero-order valence-electron chi connectivity index (χ0n) is 9.69. The van der Waals surface area contributed by atoms with Crippen molar-refractivity contribution in [3.8, 4) is 0 Å². The van der Waals surface area contributed by atoms with Gasteiger partial charge in [0.2, 0.25) is 0 Å². The first-order valence-electron chi connectivity index (χ1n) is 5.65. The largest absolute Gasteiger partial charge is 0.369 e. The Morgan fingerprint density at radius 2 is 2.31 bits per heavy atom. The van der Waals surface area contributed by atoms with Crippen LogP contribution in [0, 0.1) is 0 Å².